The van der Waals surface area contributed by atoms with Gasteiger partial charge in [-0.05, 0) is 49.1 Å². The minimum absolute atomic E-state index is 0. The summed E-state index contributed by atoms with van der Waals surface area (Å²) in [4.78, 5) is 26.2. The molecule has 0 aliphatic carbocycles. The van der Waals surface area contributed by atoms with Crippen molar-refractivity contribution in [2.75, 3.05) is 24.5 Å². The topological polar surface area (TPSA) is 107 Å². The highest BCUT2D eigenvalue weighted by Gasteiger charge is 2.41. The summed E-state index contributed by atoms with van der Waals surface area (Å²) in [6, 6.07) is 7.03. The summed E-state index contributed by atoms with van der Waals surface area (Å²) >= 11 is 0. The number of carbonyl (C=O) groups is 1. The standard InChI is InChI=1S/C25H28FN9O.ClH/c1-15(2)21-13-33(12-17-4-3-8-27-17)25(36)35(21)22-7-9-34-24(31-22)19(11-30-34)16-5-6-18(20(26)10-16)23-28-14-29-32-23;/h5-7,9-11,14-15,17,21,27H,3-4,8,12-13H2,1-2H3,(H,28,29,32);1H/t17-,21-;/m1./s1. The SMILES string of the molecule is CC(C)[C@H]1CN(C[C@H]2CCCN2)C(=O)N1c1ccn2ncc(-c3ccc(-c4nc[nH]n4)c(F)c3)c2n1.Cl. The first-order valence-corrected chi connectivity index (χ1v) is 12.3. The third-order valence-electron chi connectivity index (χ3n) is 7.13. The minimum atomic E-state index is -0.437. The molecule has 194 valence electrons. The molecule has 37 heavy (non-hydrogen) atoms. The van der Waals surface area contributed by atoms with Gasteiger partial charge in [0, 0.05) is 30.9 Å². The van der Waals surface area contributed by atoms with Crippen molar-refractivity contribution in [3.63, 3.8) is 0 Å². The van der Waals surface area contributed by atoms with E-state index in [1.807, 2.05) is 15.9 Å². The van der Waals surface area contributed by atoms with Crippen molar-refractivity contribution < 1.29 is 9.18 Å². The fourth-order valence-corrected chi connectivity index (χ4v) is 5.19. The van der Waals surface area contributed by atoms with Crippen LogP contribution in [0.15, 0.2) is 43.0 Å². The van der Waals surface area contributed by atoms with Crippen LogP contribution in [0.1, 0.15) is 26.7 Å². The second kappa shape index (κ2) is 10.1. The summed E-state index contributed by atoms with van der Waals surface area (Å²) in [5.74, 6) is 0.695. The van der Waals surface area contributed by atoms with Crippen molar-refractivity contribution in [2.45, 2.75) is 38.8 Å². The summed E-state index contributed by atoms with van der Waals surface area (Å²) < 4.78 is 16.6. The van der Waals surface area contributed by atoms with E-state index in [2.05, 4.69) is 39.4 Å². The van der Waals surface area contributed by atoms with Crippen LogP contribution in [0.25, 0.3) is 28.2 Å². The van der Waals surface area contributed by atoms with Gasteiger partial charge in [-0.15, -0.1) is 12.4 Å². The molecule has 2 saturated heterocycles. The fourth-order valence-electron chi connectivity index (χ4n) is 5.19. The first-order valence-electron chi connectivity index (χ1n) is 12.3. The van der Waals surface area contributed by atoms with Gasteiger partial charge < -0.3 is 10.2 Å². The molecule has 10 nitrogen and oxygen atoms in total. The number of H-pyrrole nitrogens is 1. The van der Waals surface area contributed by atoms with Crippen molar-refractivity contribution in [1.29, 1.82) is 0 Å². The monoisotopic (exact) mass is 525 g/mol. The molecule has 2 fully saturated rings. The van der Waals surface area contributed by atoms with Crippen molar-refractivity contribution in [1.82, 2.24) is 40.0 Å². The molecule has 0 bridgehead atoms. The molecule has 0 unspecified atom stereocenters. The lowest BCUT2D eigenvalue weighted by Crippen LogP contribution is -2.41. The molecule has 2 atom stereocenters. The minimum Gasteiger partial charge on any atom is -0.321 e. The predicted molar refractivity (Wildman–Crippen MR) is 140 cm³/mol. The first kappa shape index (κ1) is 25.1. The number of benzene rings is 1. The van der Waals surface area contributed by atoms with E-state index in [0.717, 1.165) is 19.4 Å². The Hall–Kier alpha value is -3.57. The number of amides is 2. The van der Waals surface area contributed by atoms with E-state index in [-0.39, 0.29) is 30.4 Å². The zero-order chi connectivity index (χ0) is 24.8. The van der Waals surface area contributed by atoms with E-state index in [0.29, 0.717) is 53.1 Å². The molecule has 2 N–H and O–H groups in total. The Morgan fingerprint density at radius 2 is 2.08 bits per heavy atom. The van der Waals surface area contributed by atoms with Gasteiger partial charge >= 0.3 is 6.03 Å². The number of anilines is 1. The third-order valence-corrected chi connectivity index (χ3v) is 7.13. The lowest BCUT2D eigenvalue weighted by Gasteiger charge is -2.25. The Morgan fingerprint density at radius 1 is 1.22 bits per heavy atom. The van der Waals surface area contributed by atoms with Gasteiger partial charge in [0.25, 0.3) is 0 Å². The highest BCUT2D eigenvalue weighted by molar-refractivity contribution is 5.94. The summed E-state index contributed by atoms with van der Waals surface area (Å²) in [6.45, 7) is 6.63. The molecule has 3 aromatic heterocycles. The predicted octanol–water partition coefficient (Wildman–Crippen LogP) is 3.76. The smallest absolute Gasteiger partial charge is 0.321 e. The Labute approximate surface area is 219 Å². The van der Waals surface area contributed by atoms with E-state index >= 15 is 0 Å². The van der Waals surface area contributed by atoms with Gasteiger partial charge in [0.2, 0.25) is 0 Å². The number of aromatic amines is 1. The van der Waals surface area contributed by atoms with E-state index in [4.69, 9.17) is 4.98 Å². The molecule has 0 spiro atoms. The maximum absolute atomic E-state index is 14.9. The summed E-state index contributed by atoms with van der Waals surface area (Å²) in [5.41, 5.74) is 2.18. The van der Waals surface area contributed by atoms with E-state index < -0.39 is 5.82 Å². The van der Waals surface area contributed by atoms with Crippen LogP contribution in [-0.2, 0) is 0 Å². The summed E-state index contributed by atoms with van der Waals surface area (Å²) in [6.07, 6.45) is 7.11. The largest absolute Gasteiger partial charge is 0.326 e. The number of fused-ring (bicyclic) bond motifs is 1. The maximum atomic E-state index is 14.9. The highest BCUT2D eigenvalue weighted by Crippen LogP contribution is 2.32. The van der Waals surface area contributed by atoms with Crippen LogP contribution >= 0.6 is 12.4 Å². The fraction of sp³-hybridized carbons (Fsp3) is 0.400. The Kier molecular flexibility index (Phi) is 6.82. The van der Waals surface area contributed by atoms with Crippen LogP contribution in [0.5, 0.6) is 0 Å². The lowest BCUT2D eigenvalue weighted by molar-refractivity contribution is 0.215. The number of nitrogens with zero attached hydrogens (tertiary/aromatic N) is 7. The molecule has 2 aliphatic rings. The maximum Gasteiger partial charge on any atom is 0.326 e. The molecule has 12 heteroatoms. The number of aromatic nitrogens is 6. The first-order chi connectivity index (χ1) is 17.5. The average Bonchev–Trinajstić information content (AvgIpc) is 3.67. The highest BCUT2D eigenvalue weighted by atomic mass is 35.5. The Bertz CT molecular complexity index is 1400. The summed E-state index contributed by atoms with van der Waals surface area (Å²) in [5, 5.41) is 14.5. The molecular weight excluding hydrogens is 497 g/mol. The number of carbonyl (C=O) groups excluding carboxylic acids is 1. The molecular formula is C25H29ClFN9O. The third kappa shape index (κ3) is 4.53. The number of nitrogens with one attached hydrogen (secondary N) is 2. The quantitative estimate of drug-likeness (QED) is 0.397. The summed E-state index contributed by atoms with van der Waals surface area (Å²) in [7, 11) is 0. The van der Waals surface area contributed by atoms with Crippen LogP contribution in [-0.4, -0.2) is 72.4 Å². The van der Waals surface area contributed by atoms with Gasteiger partial charge in [-0.1, -0.05) is 19.9 Å². The normalized spacial score (nSPS) is 19.8. The number of halogens is 2. The number of rotatable bonds is 6. The van der Waals surface area contributed by atoms with E-state index in [1.165, 1.54) is 12.4 Å². The van der Waals surface area contributed by atoms with Gasteiger partial charge in [0.15, 0.2) is 11.5 Å². The molecule has 1 aromatic carbocycles. The van der Waals surface area contributed by atoms with E-state index in [9.17, 15) is 9.18 Å². The van der Waals surface area contributed by atoms with Gasteiger partial charge in [0.05, 0.1) is 17.8 Å². The molecule has 0 radical (unpaired) electrons. The van der Waals surface area contributed by atoms with Crippen LogP contribution in [0, 0.1) is 11.7 Å². The van der Waals surface area contributed by atoms with Crippen LogP contribution in [0.3, 0.4) is 0 Å². The van der Waals surface area contributed by atoms with Gasteiger partial charge in [-0.25, -0.2) is 23.7 Å². The van der Waals surface area contributed by atoms with Gasteiger partial charge in [-0.3, -0.25) is 10.00 Å². The molecule has 5 heterocycles. The molecule has 4 aromatic rings. The number of urea groups is 1. The lowest BCUT2D eigenvalue weighted by atomic mass is 10.0. The van der Waals surface area contributed by atoms with Gasteiger partial charge in [-0.2, -0.15) is 10.2 Å². The molecule has 2 amide bonds. The van der Waals surface area contributed by atoms with Crippen LogP contribution in [0.2, 0.25) is 0 Å². The second-order valence-electron chi connectivity index (χ2n) is 9.79. The molecule has 6 rings (SSSR count). The average molecular weight is 526 g/mol. The van der Waals surface area contributed by atoms with Gasteiger partial charge in [0.1, 0.15) is 18.0 Å². The van der Waals surface area contributed by atoms with Crippen LogP contribution < -0.4 is 10.2 Å². The van der Waals surface area contributed by atoms with Crippen molar-refractivity contribution >= 4 is 29.9 Å². The molecule has 2 aliphatic heterocycles. The number of hydrogen-bond acceptors (Lipinski definition) is 6. The van der Waals surface area contributed by atoms with Crippen LogP contribution in [0.4, 0.5) is 15.0 Å². The zero-order valence-corrected chi connectivity index (χ0v) is 21.5. The second-order valence-corrected chi connectivity index (χ2v) is 9.79. The molecule has 0 saturated carbocycles. The van der Waals surface area contributed by atoms with Crippen molar-refractivity contribution in [3.05, 3.63) is 48.8 Å². The Morgan fingerprint density at radius 3 is 2.78 bits per heavy atom. The van der Waals surface area contributed by atoms with E-state index in [1.54, 1.807) is 29.0 Å². The Balaban J connectivity index is 0.00000280. The van der Waals surface area contributed by atoms with Crippen molar-refractivity contribution in [2.24, 2.45) is 5.92 Å². The van der Waals surface area contributed by atoms with Crippen molar-refractivity contribution in [3.8, 4) is 22.5 Å². The number of hydrogen-bond donors (Lipinski definition) is 2. The zero-order valence-electron chi connectivity index (χ0n) is 20.6.